The van der Waals surface area contributed by atoms with Crippen LogP contribution >= 0.6 is 0 Å². The molecule has 4 heteroatoms. The molecular formula is C12H23NO3. The first kappa shape index (κ1) is 13.5. The Balaban J connectivity index is 2.49. The lowest BCUT2D eigenvalue weighted by molar-refractivity contribution is -0.144. The van der Waals surface area contributed by atoms with E-state index in [0.717, 1.165) is 32.3 Å². The van der Waals surface area contributed by atoms with E-state index in [2.05, 4.69) is 6.92 Å². The highest BCUT2D eigenvalue weighted by Crippen LogP contribution is 2.22. The second-order valence-corrected chi connectivity index (χ2v) is 4.64. The van der Waals surface area contributed by atoms with Crippen molar-refractivity contribution in [1.82, 2.24) is 4.90 Å². The number of carboxylic acids is 1. The Morgan fingerprint density at radius 3 is 2.88 bits per heavy atom. The minimum atomic E-state index is -0.749. The molecule has 0 aromatic heterocycles. The molecule has 94 valence electrons. The Hall–Kier alpha value is -0.610. The number of rotatable bonds is 5. The highest BCUT2D eigenvalue weighted by Gasteiger charge is 2.29. The van der Waals surface area contributed by atoms with Crippen molar-refractivity contribution in [3.05, 3.63) is 0 Å². The topological polar surface area (TPSA) is 49.8 Å². The van der Waals surface area contributed by atoms with Gasteiger partial charge in [0.15, 0.2) is 0 Å². The van der Waals surface area contributed by atoms with Gasteiger partial charge in [0.05, 0.1) is 6.10 Å². The van der Waals surface area contributed by atoms with E-state index in [1.165, 1.54) is 0 Å². The summed E-state index contributed by atoms with van der Waals surface area (Å²) in [7, 11) is 1.90. The Morgan fingerprint density at radius 2 is 2.31 bits per heavy atom. The molecule has 0 amide bonds. The summed E-state index contributed by atoms with van der Waals surface area (Å²) in [5, 5.41) is 8.98. The fourth-order valence-electron chi connectivity index (χ4n) is 2.24. The highest BCUT2D eigenvalue weighted by atomic mass is 16.5. The monoisotopic (exact) mass is 229 g/mol. The third-order valence-electron chi connectivity index (χ3n) is 3.49. The summed E-state index contributed by atoms with van der Waals surface area (Å²) in [5.74, 6) is -0.749. The molecule has 1 N–H and O–H groups in total. The lowest BCUT2D eigenvalue weighted by Gasteiger charge is -2.37. The maximum absolute atomic E-state index is 10.9. The molecule has 3 atom stereocenters. The van der Waals surface area contributed by atoms with Crippen LogP contribution in [0.4, 0.5) is 0 Å². The number of ether oxygens (including phenoxy) is 1. The Kier molecular flexibility index (Phi) is 5.22. The number of carboxylic acid groups (broad SMARTS) is 1. The normalized spacial score (nSPS) is 28.0. The van der Waals surface area contributed by atoms with E-state index in [-0.39, 0.29) is 0 Å². The number of carbonyl (C=O) groups is 1. The molecule has 1 fully saturated rings. The third-order valence-corrected chi connectivity index (χ3v) is 3.49. The second-order valence-electron chi connectivity index (χ2n) is 4.64. The van der Waals surface area contributed by atoms with Crippen LogP contribution < -0.4 is 0 Å². The molecule has 3 unspecified atom stereocenters. The van der Waals surface area contributed by atoms with Crippen molar-refractivity contribution in [3.8, 4) is 0 Å². The number of likely N-dealkylation sites (N-methyl/N-ethyl adjacent to an activating group) is 1. The van der Waals surface area contributed by atoms with Gasteiger partial charge in [-0.3, -0.25) is 9.69 Å². The van der Waals surface area contributed by atoms with Gasteiger partial charge in [0.1, 0.15) is 6.04 Å². The van der Waals surface area contributed by atoms with Gasteiger partial charge in [-0.2, -0.15) is 0 Å². The minimum Gasteiger partial charge on any atom is -0.480 e. The molecule has 1 aliphatic heterocycles. The molecule has 16 heavy (non-hydrogen) atoms. The lowest BCUT2D eigenvalue weighted by atomic mass is 9.98. The Bertz CT molecular complexity index is 230. The van der Waals surface area contributed by atoms with E-state index in [1.54, 1.807) is 6.92 Å². The van der Waals surface area contributed by atoms with Crippen LogP contribution in [0.1, 0.15) is 39.5 Å². The van der Waals surface area contributed by atoms with Crippen LogP contribution in [0.3, 0.4) is 0 Å². The van der Waals surface area contributed by atoms with Crippen molar-refractivity contribution in [1.29, 1.82) is 0 Å². The van der Waals surface area contributed by atoms with E-state index in [9.17, 15) is 4.79 Å². The highest BCUT2D eigenvalue weighted by molar-refractivity contribution is 5.72. The van der Waals surface area contributed by atoms with Gasteiger partial charge in [-0.1, -0.05) is 13.3 Å². The van der Waals surface area contributed by atoms with Gasteiger partial charge in [-0.05, 0) is 33.2 Å². The second kappa shape index (κ2) is 6.21. The van der Waals surface area contributed by atoms with Crippen LogP contribution in [-0.2, 0) is 9.53 Å². The smallest absolute Gasteiger partial charge is 0.320 e. The molecule has 1 aliphatic rings. The first-order chi connectivity index (χ1) is 7.56. The van der Waals surface area contributed by atoms with Crippen LogP contribution in [0.15, 0.2) is 0 Å². The quantitative estimate of drug-likeness (QED) is 0.780. The molecule has 0 spiro atoms. The molecule has 1 heterocycles. The summed E-state index contributed by atoms with van der Waals surface area (Å²) in [6, 6.07) is -0.0678. The molecule has 0 radical (unpaired) electrons. The van der Waals surface area contributed by atoms with Crippen LogP contribution in [0.25, 0.3) is 0 Å². The van der Waals surface area contributed by atoms with Crippen LogP contribution in [0.5, 0.6) is 0 Å². The van der Waals surface area contributed by atoms with E-state index in [0.29, 0.717) is 12.1 Å². The largest absolute Gasteiger partial charge is 0.480 e. The average molecular weight is 229 g/mol. The number of nitrogens with zero attached hydrogens (tertiary/aromatic N) is 1. The van der Waals surface area contributed by atoms with E-state index >= 15 is 0 Å². The van der Waals surface area contributed by atoms with Crippen molar-refractivity contribution < 1.29 is 14.6 Å². The Morgan fingerprint density at radius 1 is 1.62 bits per heavy atom. The van der Waals surface area contributed by atoms with E-state index in [1.807, 2.05) is 11.9 Å². The molecule has 0 aromatic rings. The zero-order valence-corrected chi connectivity index (χ0v) is 10.5. The fourth-order valence-corrected chi connectivity index (χ4v) is 2.24. The average Bonchev–Trinajstić information content (AvgIpc) is 2.28. The third kappa shape index (κ3) is 3.46. The van der Waals surface area contributed by atoms with Gasteiger partial charge in [0.2, 0.25) is 0 Å². The van der Waals surface area contributed by atoms with Gasteiger partial charge < -0.3 is 9.84 Å². The SMILES string of the molecule is CCCC1CC(N(C)C(C)C(=O)O)CCO1. The maximum atomic E-state index is 10.9. The molecule has 0 aliphatic carbocycles. The summed E-state index contributed by atoms with van der Waals surface area (Å²) >= 11 is 0. The molecule has 4 nitrogen and oxygen atoms in total. The van der Waals surface area contributed by atoms with Crippen molar-refractivity contribution in [2.45, 2.75) is 57.7 Å². The first-order valence-electron chi connectivity index (χ1n) is 6.12. The van der Waals surface area contributed by atoms with Crippen molar-refractivity contribution >= 4 is 5.97 Å². The maximum Gasteiger partial charge on any atom is 0.320 e. The summed E-state index contributed by atoms with van der Waals surface area (Å²) < 4.78 is 5.66. The number of hydrogen-bond acceptors (Lipinski definition) is 3. The van der Waals surface area contributed by atoms with Crippen LogP contribution in [-0.4, -0.2) is 47.8 Å². The van der Waals surface area contributed by atoms with Crippen molar-refractivity contribution in [2.24, 2.45) is 0 Å². The van der Waals surface area contributed by atoms with Gasteiger partial charge in [-0.15, -0.1) is 0 Å². The minimum absolute atomic E-state index is 0.312. The molecule has 1 saturated heterocycles. The molecular weight excluding hydrogens is 206 g/mol. The van der Waals surface area contributed by atoms with Crippen LogP contribution in [0, 0.1) is 0 Å². The zero-order valence-electron chi connectivity index (χ0n) is 10.5. The molecule has 0 saturated carbocycles. The summed E-state index contributed by atoms with van der Waals surface area (Å²) in [4.78, 5) is 12.9. The fraction of sp³-hybridized carbons (Fsp3) is 0.917. The van der Waals surface area contributed by atoms with Gasteiger partial charge in [0.25, 0.3) is 0 Å². The van der Waals surface area contributed by atoms with Gasteiger partial charge in [0, 0.05) is 12.6 Å². The Labute approximate surface area is 97.6 Å². The van der Waals surface area contributed by atoms with Gasteiger partial charge >= 0.3 is 5.97 Å². The standard InChI is InChI=1S/C12H23NO3/c1-4-5-11-8-10(6-7-16-11)13(3)9(2)12(14)15/h9-11H,4-8H2,1-3H3,(H,14,15). The summed E-state index contributed by atoms with van der Waals surface area (Å²) in [6.45, 7) is 4.65. The summed E-state index contributed by atoms with van der Waals surface area (Å²) in [5.41, 5.74) is 0. The predicted octanol–water partition coefficient (Wildman–Crippen LogP) is 1.74. The summed E-state index contributed by atoms with van der Waals surface area (Å²) in [6.07, 6.45) is 4.41. The number of hydrogen-bond donors (Lipinski definition) is 1. The predicted molar refractivity (Wildman–Crippen MR) is 62.5 cm³/mol. The number of aliphatic carboxylic acids is 1. The molecule has 0 aromatic carbocycles. The van der Waals surface area contributed by atoms with Gasteiger partial charge in [-0.25, -0.2) is 0 Å². The van der Waals surface area contributed by atoms with Crippen molar-refractivity contribution in [3.63, 3.8) is 0 Å². The zero-order chi connectivity index (χ0) is 12.1. The first-order valence-corrected chi connectivity index (χ1v) is 6.12. The molecule has 0 bridgehead atoms. The van der Waals surface area contributed by atoms with Crippen molar-refractivity contribution in [2.75, 3.05) is 13.7 Å². The van der Waals surface area contributed by atoms with E-state index in [4.69, 9.17) is 9.84 Å². The lowest BCUT2D eigenvalue weighted by Crippen LogP contribution is -2.47. The van der Waals surface area contributed by atoms with Crippen LogP contribution in [0.2, 0.25) is 0 Å². The molecule has 1 rings (SSSR count). The van der Waals surface area contributed by atoms with E-state index < -0.39 is 12.0 Å².